The van der Waals surface area contributed by atoms with Crippen LogP contribution in [0.4, 0.5) is 10.7 Å². The lowest BCUT2D eigenvalue weighted by molar-refractivity contribution is 0.101. The molecule has 1 amide bonds. The van der Waals surface area contributed by atoms with Crippen LogP contribution in [-0.2, 0) is 11.3 Å². The van der Waals surface area contributed by atoms with Crippen LogP contribution < -0.4 is 5.32 Å². The van der Waals surface area contributed by atoms with Gasteiger partial charge in [-0.05, 0) is 5.56 Å². The van der Waals surface area contributed by atoms with E-state index in [1.165, 1.54) is 13.1 Å². The molecule has 6 nitrogen and oxygen atoms in total. The predicted molar refractivity (Wildman–Crippen MR) is 68.8 cm³/mol. The number of nitrogens with zero attached hydrogens (tertiary/aromatic N) is 1. The quantitative estimate of drug-likeness (QED) is 0.825. The van der Waals surface area contributed by atoms with Crippen LogP contribution in [0, 0.1) is 0 Å². The number of hydrogen-bond donors (Lipinski definition) is 2. The standard InChI is InChI=1S/C13H13N3O3/c1-9(17)11-7-14-12(15-11)16-13(18)19-8-10-5-3-2-4-6-10/h2-7H,8H2,1H3,(H2,14,15,16,18). The fraction of sp³-hybridized carbons (Fsp3) is 0.154. The lowest BCUT2D eigenvalue weighted by Gasteiger charge is -2.04. The molecule has 0 saturated carbocycles. The smallest absolute Gasteiger partial charge is 0.414 e. The van der Waals surface area contributed by atoms with Crippen molar-refractivity contribution in [2.24, 2.45) is 0 Å². The molecule has 1 heterocycles. The first-order valence-corrected chi connectivity index (χ1v) is 5.69. The average Bonchev–Trinajstić information content (AvgIpc) is 2.86. The monoisotopic (exact) mass is 259 g/mol. The molecule has 0 atom stereocenters. The number of carbonyl (C=O) groups excluding carboxylic acids is 2. The summed E-state index contributed by atoms with van der Waals surface area (Å²) in [5, 5.41) is 2.41. The van der Waals surface area contributed by atoms with E-state index in [1.54, 1.807) is 0 Å². The van der Waals surface area contributed by atoms with Gasteiger partial charge in [0, 0.05) is 6.92 Å². The maximum atomic E-state index is 11.5. The zero-order valence-corrected chi connectivity index (χ0v) is 10.3. The van der Waals surface area contributed by atoms with Gasteiger partial charge in [-0.2, -0.15) is 0 Å². The summed E-state index contributed by atoms with van der Waals surface area (Å²) in [4.78, 5) is 29.0. The topological polar surface area (TPSA) is 84.1 Å². The molecule has 0 aliphatic heterocycles. The SMILES string of the molecule is CC(=O)c1cnc(NC(=O)OCc2ccccc2)[nH]1. The summed E-state index contributed by atoms with van der Waals surface area (Å²) in [6.07, 6.45) is 0.725. The molecule has 2 aromatic rings. The van der Waals surface area contributed by atoms with Crippen LogP contribution in [0.15, 0.2) is 36.5 Å². The van der Waals surface area contributed by atoms with E-state index in [9.17, 15) is 9.59 Å². The number of imidazole rings is 1. The third kappa shape index (κ3) is 3.67. The van der Waals surface area contributed by atoms with Crippen molar-refractivity contribution in [2.75, 3.05) is 5.32 Å². The molecule has 0 saturated heterocycles. The number of amides is 1. The second-order valence-corrected chi connectivity index (χ2v) is 3.89. The summed E-state index contributed by atoms with van der Waals surface area (Å²) in [6, 6.07) is 9.32. The molecule has 6 heteroatoms. The van der Waals surface area contributed by atoms with Gasteiger partial charge in [-0.1, -0.05) is 30.3 Å². The summed E-state index contributed by atoms with van der Waals surface area (Å²) in [5.41, 5.74) is 1.22. The Bertz CT molecular complexity index is 578. The Labute approximate surface area is 109 Å². The third-order valence-electron chi connectivity index (χ3n) is 2.39. The Kier molecular flexibility index (Phi) is 3.92. The van der Waals surface area contributed by atoms with Crippen molar-refractivity contribution in [1.82, 2.24) is 9.97 Å². The van der Waals surface area contributed by atoms with Crippen molar-refractivity contribution in [3.8, 4) is 0 Å². The maximum absolute atomic E-state index is 11.5. The zero-order chi connectivity index (χ0) is 13.7. The fourth-order valence-electron chi connectivity index (χ4n) is 1.42. The molecule has 2 rings (SSSR count). The van der Waals surface area contributed by atoms with Gasteiger partial charge in [0.25, 0.3) is 0 Å². The highest BCUT2D eigenvalue weighted by Gasteiger charge is 2.08. The van der Waals surface area contributed by atoms with E-state index in [1.807, 2.05) is 30.3 Å². The van der Waals surface area contributed by atoms with E-state index in [-0.39, 0.29) is 18.3 Å². The van der Waals surface area contributed by atoms with E-state index in [0.717, 1.165) is 5.56 Å². The second kappa shape index (κ2) is 5.81. The van der Waals surface area contributed by atoms with Crippen LogP contribution >= 0.6 is 0 Å². The summed E-state index contributed by atoms with van der Waals surface area (Å²) in [6.45, 7) is 1.58. The van der Waals surface area contributed by atoms with Crippen molar-refractivity contribution in [2.45, 2.75) is 13.5 Å². The minimum atomic E-state index is -0.631. The number of aromatic amines is 1. The first-order chi connectivity index (χ1) is 9.15. The molecule has 0 aliphatic rings. The Balaban J connectivity index is 1.85. The number of anilines is 1. The molecule has 0 bridgehead atoms. The van der Waals surface area contributed by atoms with E-state index < -0.39 is 6.09 Å². The van der Waals surface area contributed by atoms with E-state index in [4.69, 9.17) is 4.74 Å². The van der Waals surface area contributed by atoms with Crippen LogP contribution in [0.5, 0.6) is 0 Å². The Morgan fingerprint density at radius 3 is 2.68 bits per heavy atom. The zero-order valence-electron chi connectivity index (χ0n) is 10.3. The number of ether oxygens (including phenoxy) is 1. The van der Waals surface area contributed by atoms with Crippen LogP contribution in [-0.4, -0.2) is 21.8 Å². The van der Waals surface area contributed by atoms with Gasteiger partial charge in [0.15, 0.2) is 5.78 Å². The molecule has 19 heavy (non-hydrogen) atoms. The number of H-pyrrole nitrogens is 1. The molecular weight excluding hydrogens is 246 g/mol. The number of benzene rings is 1. The number of rotatable bonds is 4. The maximum Gasteiger partial charge on any atom is 0.414 e. The van der Waals surface area contributed by atoms with Crippen LogP contribution in [0.25, 0.3) is 0 Å². The number of nitrogens with one attached hydrogen (secondary N) is 2. The van der Waals surface area contributed by atoms with Gasteiger partial charge in [0.1, 0.15) is 12.3 Å². The summed E-state index contributed by atoms with van der Waals surface area (Å²) < 4.78 is 5.01. The minimum Gasteiger partial charge on any atom is -0.444 e. The highest BCUT2D eigenvalue weighted by atomic mass is 16.5. The molecule has 0 spiro atoms. The number of hydrogen-bond acceptors (Lipinski definition) is 4. The summed E-state index contributed by atoms with van der Waals surface area (Å²) in [5.74, 6) is 0.0291. The normalized spacial score (nSPS) is 9.95. The van der Waals surface area contributed by atoms with Gasteiger partial charge in [0.2, 0.25) is 5.95 Å². The van der Waals surface area contributed by atoms with Crippen molar-refractivity contribution >= 4 is 17.8 Å². The Morgan fingerprint density at radius 1 is 1.32 bits per heavy atom. The third-order valence-corrected chi connectivity index (χ3v) is 2.39. The molecule has 1 aromatic carbocycles. The van der Waals surface area contributed by atoms with Crippen molar-refractivity contribution in [1.29, 1.82) is 0 Å². The molecule has 0 radical (unpaired) electrons. The van der Waals surface area contributed by atoms with E-state index in [2.05, 4.69) is 15.3 Å². The first-order valence-electron chi connectivity index (χ1n) is 5.69. The van der Waals surface area contributed by atoms with Gasteiger partial charge < -0.3 is 9.72 Å². The second-order valence-electron chi connectivity index (χ2n) is 3.89. The number of Topliss-reactive ketones (excluding diaryl/α,β-unsaturated/α-hetero) is 1. The van der Waals surface area contributed by atoms with Gasteiger partial charge in [0.05, 0.1) is 6.20 Å². The van der Waals surface area contributed by atoms with Gasteiger partial charge in [-0.15, -0.1) is 0 Å². The molecule has 98 valence electrons. The largest absolute Gasteiger partial charge is 0.444 e. The number of aromatic nitrogens is 2. The molecule has 2 N–H and O–H groups in total. The highest BCUT2D eigenvalue weighted by molar-refractivity contribution is 5.93. The van der Waals surface area contributed by atoms with Crippen LogP contribution in [0.1, 0.15) is 23.0 Å². The summed E-state index contributed by atoms with van der Waals surface area (Å²) >= 11 is 0. The molecular formula is C13H13N3O3. The van der Waals surface area contributed by atoms with E-state index >= 15 is 0 Å². The number of carbonyl (C=O) groups is 2. The number of ketones is 1. The average molecular weight is 259 g/mol. The summed E-state index contributed by atoms with van der Waals surface area (Å²) in [7, 11) is 0. The van der Waals surface area contributed by atoms with Gasteiger partial charge in [-0.25, -0.2) is 9.78 Å². The van der Waals surface area contributed by atoms with Gasteiger partial charge in [-0.3, -0.25) is 10.1 Å². The molecule has 0 aliphatic carbocycles. The molecule has 1 aromatic heterocycles. The minimum absolute atomic E-state index is 0.154. The van der Waals surface area contributed by atoms with Crippen molar-refractivity contribution < 1.29 is 14.3 Å². The van der Waals surface area contributed by atoms with Crippen LogP contribution in [0.2, 0.25) is 0 Å². The first kappa shape index (κ1) is 12.8. The highest BCUT2D eigenvalue weighted by Crippen LogP contribution is 2.05. The lowest BCUT2D eigenvalue weighted by atomic mass is 10.2. The molecule has 0 unspecified atom stereocenters. The van der Waals surface area contributed by atoms with Crippen molar-refractivity contribution in [3.05, 3.63) is 47.8 Å². The van der Waals surface area contributed by atoms with Gasteiger partial charge >= 0.3 is 6.09 Å². The molecule has 0 fully saturated rings. The fourth-order valence-corrected chi connectivity index (χ4v) is 1.42. The Hall–Kier alpha value is -2.63. The Morgan fingerprint density at radius 2 is 2.05 bits per heavy atom. The van der Waals surface area contributed by atoms with Crippen molar-refractivity contribution in [3.63, 3.8) is 0 Å². The van der Waals surface area contributed by atoms with Crippen LogP contribution in [0.3, 0.4) is 0 Å². The van der Waals surface area contributed by atoms with E-state index in [0.29, 0.717) is 5.69 Å². The predicted octanol–water partition coefficient (Wildman–Crippen LogP) is 2.36. The lowest BCUT2D eigenvalue weighted by Crippen LogP contribution is -2.14.